The zero-order valence-electron chi connectivity index (χ0n) is 18.3. The third-order valence-corrected chi connectivity index (χ3v) is 6.28. The molecule has 1 aliphatic carbocycles. The monoisotopic (exact) mass is 462 g/mol. The Morgan fingerprint density at radius 2 is 2.00 bits per heavy atom. The average Bonchev–Trinajstić information content (AvgIpc) is 3.24. The predicted octanol–water partition coefficient (Wildman–Crippen LogP) is 4.98. The fraction of sp³-hybridized carbons (Fsp3) is 0.320. The zero-order chi connectivity index (χ0) is 22.6. The van der Waals surface area contributed by atoms with Crippen molar-refractivity contribution in [3.05, 3.63) is 65.8 Å². The van der Waals surface area contributed by atoms with E-state index in [0.717, 1.165) is 71.5 Å². The van der Waals surface area contributed by atoms with E-state index in [1.54, 1.807) is 12.4 Å². The zero-order valence-corrected chi connectivity index (χ0v) is 19.1. The number of aromatic nitrogens is 4. The molecule has 0 amide bonds. The summed E-state index contributed by atoms with van der Waals surface area (Å²) in [4.78, 5) is 16.6. The maximum absolute atomic E-state index is 6.39. The summed E-state index contributed by atoms with van der Waals surface area (Å²) in [7, 11) is 0. The highest BCUT2D eigenvalue weighted by atomic mass is 35.5. The minimum absolute atomic E-state index is 0.310. The van der Waals surface area contributed by atoms with Crippen molar-refractivity contribution in [2.75, 3.05) is 11.9 Å². The molecule has 4 aromatic heterocycles. The molecule has 7 nitrogen and oxygen atoms in total. The molecule has 0 saturated heterocycles. The van der Waals surface area contributed by atoms with Crippen LogP contribution < -0.4 is 15.8 Å². The number of H-pyrrole nitrogens is 1. The molecule has 1 saturated carbocycles. The standard InChI is InChI=1S/C25H27ClN6O/c26-23-11-16(12-24(32-23)31-19-6-4-17(27)5-7-19)22-15-30-25-21(22)13-20(14-29-25)33-10-8-18-3-1-2-9-28-18/h1-3,9,11-15,17,19H,4-8,10,27H2,(H,29,30)(H,31,32). The first-order chi connectivity index (χ1) is 16.1. The molecule has 170 valence electrons. The Hall–Kier alpha value is -3.16. The van der Waals surface area contributed by atoms with Crippen LogP contribution in [0.15, 0.2) is 55.0 Å². The lowest BCUT2D eigenvalue weighted by atomic mass is 9.92. The minimum Gasteiger partial charge on any atom is -0.492 e. The molecular weight excluding hydrogens is 436 g/mol. The van der Waals surface area contributed by atoms with Crippen LogP contribution >= 0.6 is 11.6 Å². The lowest BCUT2D eigenvalue weighted by Gasteiger charge is -2.27. The number of nitrogens with one attached hydrogen (secondary N) is 2. The summed E-state index contributed by atoms with van der Waals surface area (Å²) in [6.07, 6.45) is 10.4. The number of hydrogen-bond acceptors (Lipinski definition) is 6. The van der Waals surface area contributed by atoms with Gasteiger partial charge < -0.3 is 20.8 Å². The van der Waals surface area contributed by atoms with E-state index in [1.165, 1.54) is 0 Å². The number of aromatic amines is 1. The number of nitrogens with zero attached hydrogens (tertiary/aromatic N) is 3. The molecule has 0 bridgehead atoms. The van der Waals surface area contributed by atoms with Gasteiger partial charge in [-0.15, -0.1) is 0 Å². The Labute approximate surface area is 197 Å². The quantitative estimate of drug-likeness (QED) is 0.335. The van der Waals surface area contributed by atoms with Gasteiger partial charge in [-0.1, -0.05) is 17.7 Å². The first kappa shape index (κ1) is 21.7. The van der Waals surface area contributed by atoms with Crippen LogP contribution in [0, 0.1) is 0 Å². The number of rotatable bonds is 7. The van der Waals surface area contributed by atoms with Crippen LogP contribution in [-0.2, 0) is 6.42 Å². The molecule has 1 fully saturated rings. The van der Waals surface area contributed by atoms with E-state index in [9.17, 15) is 0 Å². The lowest BCUT2D eigenvalue weighted by Crippen LogP contribution is -2.33. The fourth-order valence-corrected chi connectivity index (χ4v) is 4.53. The van der Waals surface area contributed by atoms with Gasteiger partial charge in [0.2, 0.25) is 0 Å². The number of halogens is 1. The molecule has 0 unspecified atom stereocenters. The first-order valence-corrected chi connectivity index (χ1v) is 11.7. The Morgan fingerprint density at radius 1 is 1.12 bits per heavy atom. The van der Waals surface area contributed by atoms with E-state index in [4.69, 9.17) is 22.1 Å². The smallest absolute Gasteiger partial charge is 0.138 e. The van der Waals surface area contributed by atoms with Crippen LogP contribution in [0.1, 0.15) is 31.4 Å². The van der Waals surface area contributed by atoms with E-state index in [2.05, 4.69) is 25.3 Å². The van der Waals surface area contributed by atoms with Gasteiger partial charge in [0.25, 0.3) is 0 Å². The van der Waals surface area contributed by atoms with Gasteiger partial charge in [0.15, 0.2) is 0 Å². The van der Waals surface area contributed by atoms with Gasteiger partial charge in [0, 0.05) is 47.5 Å². The second kappa shape index (κ2) is 9.77. The van der Waals surface area contributed by atoms with Crippen LogP contribution in [0.3, 0.4) is 0 Å². The molecular formula is C25H27ClN6O. The number of hydrogen-bond donors (Lipinski definition) is 3. The normalized spacial score (nSPS) is 18.4. The predicted molar refractivity (Wildman–Crippen MR) is 132 cm³/mol. The fourth-order valence-electron chi connectivity index (χ4n) is 4.32. The van der Waals surface area contributed by atoms with Gasteiger partial charge in [0.1, 0.15) is 22.4 Å². The number of pyridine rings is 3. The van der Waals surface area contributed by atoms with E-state index in [1.807, 2.05) is 42.6 Å². The Bertz CT molecular complexity index is 1220. The van der Waals surface area contributed by atoms with Crippen molar-refractivity contribution in [1.82, 2.24) is 19.9 Å². The van der Waals surface area contributed by atoms with Crippen LogP contribution in [0.4, 0.5) is 5.82 Å². The average molecular weight is 463 g/mol. The highest BCUT2D eigenvalue weighted by molar-refractivity contribution is 6.29. The number of anilines is 1. The van der Waals surface area contributed by atoms with Crippen LogP contribution in [0.25, 0.3) is 22.2 Å². The SMILES string of the molecule is NC1CCC(Nc2cc(-c3c[nH]c4ncc(OCCc5ccccn5)cc34)cc(Cl)n2)CC1. The van der Waals surface area contributed by atoms with Gasteiger partial charge >= 0.3 is 0 Å². The summed E-state index contributed by atoms with van der Waals surface area (Å²) >= 11 is 6.39. The molecule has 8 heteroatoms. The maximum Gasteiger partial charge on any atom is 0.138 e. The Kier molecular flexibility index (Phi) is 6.41. The van der Waals surface area contributed by atoms with Crippen LogP contribution in [0.2, 0.25) is 5.15 Å². The molecule has 4 N–H and O–H groups in total. The van der Waals surface area contributed by atoms with Crippen molar-refractivity contribution >= 4 is 28.5 Å². The highest BCUT2D eigenvalue weighted by Crippen LogP contribution is 2.33. The van der Waals surface area contributed by atoms with E-state index >= 15 is 0 Å². The molecule has 0 atom stereocenters. The number of fused-ring (bicyclic) bond motifs is 1. The number of ether oxygens (including phenoxy) is 1. The van der Waals surface area contributed by atoms with Gasteiger partial charge in [-0.3, -0.25) is 4.98 Å². The maximum atomic E-state index is 6.39. The summed E-state index contributed by atoms with van der Waals surface area (Å²) in [5, 5.41) is 4.97. The van der Waals surface area contributed by atoms with Crippen LogP contribution in [0.5, 0.6) is 5.75 Å². The van der Waals surface area contributed by atoms with Gasteiger partial charge in [-0.2, -0.15) is 0 Å². The third kappa shape index (κ3) is 5.26. The number of nitrogens with two attached hydrogens (primary N) is 1. The Balaban J connectivity index is 1.34. The molecule has 4 aromatic rings. The second-order valence-electron chi connectivity index (χ2n) is 8.51. The molecule has 4 heterocycles. The largest absolute Gasteiger partial charge is 0.492 e. The summed E-state index contributed by atoms with van der Waals surface area (Å²) < 4.78 is 5.96. The van der Waals surface area contributed by atoms with Crippen molar-refractivity contribution in [2.45, 2.75) is 44.2 Å². The molecule has 1 aliphatic rings. The molecule has 5 rings (SSSR count). The minimum atomic E-state index is 0.310. The van der Waals surface area contributed by atoms with Gasteiger partial charge in [0.05, 0.1) is 12.8 Å². The Morgan fingerprint density at radius 3 is 2.82 bits per heavy atom. The van der Waals surface area contributed by atoms with E-state index in [-0.39, 0.29) is 0 Å². The second-order valence-corrected chi connectivity index (χ2v) is 8.90. The van der Waals surface area contributed by atoms with Gasteiger partial charge in [-0.05, 0) is 61.6 Å². The summed E-state index contributed by atoms with van der Waals surface area (Å²) in [6, 6.07) is 12.5. The highest BCUT2D eigenvalue weighted by Gasteiger charge is 2.19. The van der Waals surface area contributed by atoms with Crippen molar-refractivity contribution in [3.8, 4) is 16.9 Å². The molecule has 0 aliphatic heterocycles. The topological polar surface area (TPSA) is 102 Å². The van der Waals surface area contributed by atoms with Crippen LogP contribution in [-0.4, -0.2) is 38.6 Å². The molecule has 0 radical (unpaired) electrons. The molecule has 33 heavy (non-hydrogen) atoms. The molecule has 0 spiro atoms. The van der Waals surface area contributed by atoms with Crippen molar-refractivity contribution < 1.29 is 4.74 Å². The van der Waals surface area contributed by atoms with Gasteiger partial charge in [-0.25, -0.2) is 9.97 Å². The third-order valence-electron chi connectivity index (χ3n) is 6.09. The summed E-state index contributed by atoms with van der Waals surface area (Å²) in [5.41, 5.74) is 9.82. The summed E-state index contributed by atoms with van der Waals surface area (Å²) in [6.45, 7) is 0.532. The summed E-state index contributed by atoms with van der Waals surface area (Å²) in [5.74, 6) is 1.50. The van der Waals surface area contributed by atoms with Crippen molar-refractivity contribution in [2.24, 2.45) is 5.73 Å². The lowest BCUT2D eigenvalue weighted by molar-refractivity contribution is 0.320. The van der Waals surface area contributed by atoms with Crippen molar-refractivity contribution in [1.29, 1.82) is 0 Å². The van der Waals surface area contributed by atoms with Crippen molar-refractivity contribution in [3.63, 3.8) is 0 Å². The molecule has 0 aromatic carbocycles. The first-order valence-electron chi connectivity index (χ1n) is 11.3. The van der Waals surface area contributed by atoms with E-state index in [0.29, 0.717) is 23.8 Å². The van der Waals surface area contributed by atoms with E-state index < -0.39 is 0 Å².